The van der Waals surface area contributed by atoms with Crippen LogP contribution in [0, 0.1) is 17.2 Å². The van der Waals surface area contributed by atoms with E-state index in [-0.39, 0.29) is 22.5 Å². The fourth-order valence-corrected chi connectivity index (χ4v) is 3.83. The topological polar surface area (TPSA) is 18.5 Å². The van der Waals surface area contributed by atoms with Crippen LogP contribution in [-0.2, 0) is 0 Å². The third kappa shape index (κ3) is 2.73. The molecule has 0 aliphatic heterocycles. The minimum Gasteiger partial charge on any atom is -0.493 e. The number of hydrogen-bond donors (Lipinski definition) is 0. The first-order chi connectivity index (χ1) is 9.40. The molecule has 2 nitrogen and oxygen atoms in total. The van der Waals surface area contributed by atoms with Crippen molar-refractivity contribution in [3.8, 4) is 11.5 Å². The number of halogens is 2. The summed E-state index contributed by atoms with van der Waals surface area (Å²) in [7, 11) is 3.04. The van der Waals surface area contributed by atoms with Crippen molar-refractivity contribution in [1.82, 2.24) is 0 Å². The minimum absolute atomic E-state index is 0.145. The summed E-state index contributed by atoms with van der Waals surface area (Å²) in [5, 5.41) is -0.340. The van der Waals surface area contributed by atoms with Gasteiger partial charge < -0.3 is 9.47 Å². The Morgan fingerprint density at radius 3 is 2.35 bits per heavy atom. The minimum atomic E-state index is -0.340. The molecule has 1 aliphatic rings. The summed E-state index contributed by atoms with van der Waals surface area (Å²) in [6, 6.07) is 3.02. The van der Waals surface area contributed by atoms with Crippen LogP contribution >= 0.6 is 11.6 Å². The van der Waals surface area contributed by atoms with E-state index < -0.39 is 0 Å². The van der Waals surface area contributed by atoms with Crippen molar-refractivity contribution in [3.63, 3.8) is 0 Å². The molecule has 1 aromatic carbocycles. The van der Waals surface area contributed by atoms with Crippen molar-refractivity contribution in [2.75, 3.05) is 14.2 Å². The molecule has 0 saturated heterocycles. The number of methoxy groups -OCH3 is 2. The van der Waals surface area contributed by atoms with Gasteiger partial charge in [-0.2, -0.15) is 0 Å². The smallest absolute Gasteiger partial charge is 0.163 e. The van der Waals surface area contributed by atoms with Crippen molar-refractivity contribution in [2.24, 2.45) is 11.3 Å². The summed E-state index contributed by atoms with van der Waals surface area (Å²) in [5.74, 6) is 0.857. The molecule has 0 bridgehead atoms. The quantitative estimate of drug-likeness (QED) is 0.733. The second-order valence-electron chi connectivity index (χ2n) is 6.12. The van der Waals surface area contributed by atoms with E-state index in [0.29, 0.717) is 17.1 Å². The molecule has 0 amide bonds. The molecular weight excluding hydrogens is 279 g/mol. The van der Waals surface area contributed by atoms with E-state index in [2.05, 4.69) is 13.8 Å². The van der Waals surface area contributed by atoms with Crippen molar-refractivity contribution < 1.29 is 13.9 Å². The lowest BCUT2D eigenvalue weighted by atomic mass is 9.78. The standard InChI is InChI=1S/C16H22ClFO2/c1-16(2)7-5-6-11(16)15(17)10-8-13(19-3)14(20-4)9-12(10)18/h8-9,11,15H,5-7H2,1-4H3. The van der Waals surface area contributed by atoms with E-state index in [1.165, 1.54) is 13.2 Å². The fraction of sp³-hybridized carbons (Fsp3) is 0.625. The van der Waals surface area contributed by atoms with Crippen LogP contribution < -0.4 is 9.47 Å². The number of alkyl halides is 1. The Hall–Kier alpha value is -0.960. The lowest BCUT2D eigenvalue weighted by Crippen LogP contribution is -2.22. The Kier molecular flexibility index (Phi) is 4.48. The van der Waals surface area contributed by atoms with E-state index >= 15 is 0 Å². The average molecular weight is 301 g/mol. The van der Waals surface area contributed by atoms with Gasteiger partial charge in [-0.25, -0.2) is 4.39 Å². The van der Waals surface area contributed by atoms with Gasteiger partial charge in [0.2, 0.25) is 0 Å². The predicted molar refractivity (Wildman–Crippen MR) is 79.2 cm³/mol. The average Bonchev–Trinajstić information content (AvgIpc) is 2.77. The van der Waals surface area contributed by atoms with Gasteiger partial charge in [0, 0.05) is 11.6 Å². The zero-order chi connectivity index (χ0) is 14.9. The summed E-state index contributed by atoms with van der Waals surface area (Å²) in [4.78, 5) is 0. The maximum absolute atomic E-state index is 14.3. The molecule has 0 aromatic heterocycles. The van der Waals surface area contributed by atoms with Crippen LogP contribution in [0.5, 0.6) is 11.5 Å². The Bertz CT molecular complexity index is 488. The summed E-state index contributed by atoms with van der Waals surface area (Å²) in [6.07, 6.45) is 3.32. The van der Waals surface area contributed by atoms with E-state index in [4.69, 9.17) is 21.1 Å². The van der Waals surface area contributed by atoms with Gasteiger partial charge in [0.15, 0.2) is 11.5 Å². The summed E-state index contributed by atoms with van der Waals surface area (Å²) < 4.78 is 24.6. The summed E-state index contributed by atoms with van der Waals surface area (Å²) >= 11 is 6.59. The van der Waals surface area contributed by atoms with Crippen LogP contribution in [0.2, 0.25) is 0 Å². The van der Waals surface area contributed by atoms with Crippen LogP contribution in [0.25, 0.3) is 0 Å². The third-order valence-electron chi connectivity index (χ3n) is 4.49. The summed E-state index contributed by atoms with van der Waals surface area (Å²) in [6.45, 7) is 4.41. The largest absolute Gasteiger partial charge is 0.493 e. The molecule has 0 heterocycles. The van der Waals surface area contributed by atoms with E-state index in [9.17, 15) is 4.39 Å². The first-order valence-electron chi connectivity index (χ1n) is 6.96. The predicted octanol–water partition coefficient (Wildman–Crippen LogP) is 4.95. The Balaban J connectivity index is 2.37. The van der Waals surface area contributed by atoms with E-state index in [1.807, 2.05) is 0 Å². The summed E-state index contributed by atoms with van der Waals surface area (Å²) in [5.41, 5.74) is 0.649. The maximum atomic E-state index is 14.3. The van der Waals surface area contributed by atoms with Crippen molar-refractivity contribution in [1.29, 1.82) is 0 Å². The molecule has 1 fully saturated rings. The highest BCUT2D eigenvalue weighted by Crippen LogP contribution is 2.52. The van der Waals surface area contributed by atoms with Gasteiger partial charge in [0.25, 0.3) is 0 Å². The highest BCUT2D eigenvalue weighted by Gasteiger charge is 2.40. The Morgan fingerprint density at radius 1 is 1.25 bits per heavy atom. The fourth-order valence-electron chi connectivity index (χ4n) is 3.19. The number of benzene rings is 1. The van der Waals surface area contributed by atoms with Crippen LogP contribution in [0.1, 0.15) is 44.1 Å². The Labute approximate surface area is 125 Å². The highest BCUT2D eigenvalue weighted by atomic mass is 35.5. The molecular formula is C16H22ClFO2. The lowest BCUT2D eigenvalue weighted by Gasteiger charge is -2.31. The molecule has 1 aliphatic carbocycles. The van der Waals surface area contributed by atoms with Gasteiger partial charge in [0.05, 0.1) is 19.6 Å². The van der Waals surface area contributed by atoms with Crippen molar-refractivity contribution in [3.05, 3.63) is 23.5 Å². The monoisotopic (exact) mass is 300 g/mol. The van der Waals surface area contributed by atoms with Crippen molar-refractivity contribution >= 4 is 11.6 Å². The Morgan fingerprint density at radius 2 is 1.85 bits per heavy atom. The van der Waals surface area contributed by atoms with E-state index in [1.54, 1.807) is 13.2 Å². The van der Waals surface area contributed by atoms with Crippen LogP contribution in [-0.4, -0.2) is 14.2 Å². The molecule has 1 saturated carbocycles. The SMILES string of the molecule is COc1cc(F)c(C(Cl)C2CCCC2(C)C)cc1OC. The second kappa shape index (κ2) is 5.80. The second-order valence-corrected chi connectivity index (χ2v) is 6.59. The zero-order valence-corrected chi connectivity index (χ0v) is 13.3. The molecule has 112 valence electrons. The van der Waals surface area contributed by atoms with Crippen molar-refractivity contribution in [2.45, 2.75) is 38.5 Å². The van der Waals surface area contributed by atoms with Gasteiger partial charge in [-0.15, -0.1) is 11.6 Å². The molecule has 0 N–H and O–H groups in total. The maximum Gasteiger partial charge on any atom is 0.163 e. The van der Waals surface area contributed by atoms with Gasteiger partial charge in [0.1, 0.15) is 5.82 Å². The third-order valence-corrected chi connectivity index (χ3v) is 5.03. The molecule has 0 radical (unpaired) electrons. The van der Waals surface area contributed by atoms with Gasteiger partial charge >= 0.3 is 0 Å². The molecule has 4 heteroatoms. The lowest BCUT2D eigenvalue weighted by molar-refractivity contribution is 0.249. The first kappa shape index (κ1) is 15.4. The normalized spacial score (nSPS) is 22.6. The molecule has 2 rings (SSSR count). The molecule has 1 aromatic rings. The number of ether oxygens (including phenoxy) is 2. The van der Waals surface area contributed by atoms with Crippen LogP contribution in [0.3, 0.4) is 0 Å². The molecule has 2 atom stereocenters. The van der Waals surface area contributed by atoms with E-state index in [0.717, 1.165) is 19.3 Å². The molecule has 20 heavy (non-hydrogen) atoms. The van der Waals surface area contributed by atoms with Gasteiger partial charge in [-0.05, 0) is 30.2 Å². The van der Waals surface area contributed by atoms with Gasteiger partial charge in [-0.1, -0.05) is 20.3 Å². The number of rotatable bonds is 4. The molecule has 2 unspecified atom stereocenters. The first-order valence-corrected chi connectivity index (χ1v) is 7.40. The highest BCUT2D eigenvalue weighted by molar-refractivity contribution is 6.21. The van der Waals surface area contributed by atoms with Gasteiger partial charge in [-0.3, -0.25) is 0 Å². The molecule has 0 spiro atoms. The van der Waals surface area contributed by atoms with Crippen LogP contribution in [0.15, 0.2) is 12.1 Å². The van der Waals surface area contributed by atoms with Crippen LogP contribution in [0.4, 0.5) is 4.39 Å². The zero-order valence-electron chi connectivity index (χ0n) is 12.5. The number of hydrogen-bond acceptors (Lipinski definition) is 2.